The molecule has 4 N–H and O–H groups in total. The molecule has 6 rings (SSSR count). The molecule has 0 unspecified atom stereocenters. The molecule has 0 aliphatic rings. The van der Waals surface area contributed by atoms with E-state index in [4.69, 9.17) is 20.9 Å². The van der Waals surface area contributed by atoms with E-state index in [1.54, 1.807) is 0 Å². The highest BCUT2D eigenvalue weighted by Crippen LogP contribution is 2.41. The summed E-state index contributed by atoms with van der Waals surface area (Å²) >= 11 is 0. The van der Waals surface area contributed by atoms with Crippen LogP contribution >= 0.6 is 0 Å². The van der Waals surface area contributed by atoms with E-state index in [0.717, 1.165) is 80.3 Å². The number of nitrogens with two attached hydrogens (primary N) is 2. The molecular weight excluding hydrogens is 552 g/mol. The largest absolute Gasteiger partial charge is 0.457 e. The number of hydrogen-bond acceptors (Lipinski definition) is 4. The van der Waals surface area contributed by atoms with E-state index in [0.29, 0.717) is 17.8 Å². The summed E-state index contributed by atoms with van der Waals surface area (Å²) in [6.07, 6.45) is 2.24. The Morgan fingerprint density at radius 2 is 0.778 bits per heavy atom. The third-order valence-corrected chi connectivity index (χ3v) is 8.04. The smallest absolute Gasteiger partial charge is 0.134 e. The molecule has 45 heavy (non-hydrogen) atoms. The molecule has 4 nitrogen and oxygen atoms in total. The predicted molar refractivity (Wildman–Crippen MR) is 187 cm³/mol. The van der Waals surface area contributed by atoms with Gasteiger partial charge in [-0.25, -0.2) is 0 Å². The maximum absolute atomic E-state index is 6.68. The van der Waals surface area contributed by atoms with E-state index in [1.165, 1.54) is 0 Å². The van der Waals surface area contributed by atoms with Gasteiger partial charge in [0, 0.05) is 28.9 Å². The van der Waals surface area contributed by atoms with Crippen molar-refractivity contribution in [2.75, 3.05) is 11.5 Å². The normalized spacial score (nSPS) is 10.9. The highest BCUT2D eigenvalue weighted by atomic mass is 16.5. The van der Waals surface area contributed by atoms with E-state index in [9.17, 15) is 0 Å². The minimum Gasteiger partial charge on any atom is -0.457 e. The molecule has 0 spiro atoms. The summed E-state index contributed by atoms with van der Waals surface area (Å²) in [6.45, 7) is 4.34. The van der Waals surface area contributed by atoms with Gasteiger partial charge >= 0.3 is 0 Å². The summed E-state index contributed by atoms with van der Waals surface area (Å²) in [5.41, 5.74) is 22.5. The molecule has 0 heterocycles. The van der Waals surface area contributed by atoms with Gasteiger partial charge in [-0.3, -0.25) is 0 Å². The zero-order valence-electron chi connectivity index (χ0n) is 25.8. The lowest BCUT2D eigenvalue weighted by atomic mass is 9.91. The Balaban J connectivity index is 1.54. The summed E-state index contributed by atoms with van der Waals surface area (Å²) in [4.78, 5) is 0. The van der Waals surface area contributed by atoms with Crippen LogP contribution in [0.3, 0.4) is 0 Å². The molecule has 0 radical (unpaired) electrons. The van der Waals surface area contributed by atoms with Gasteiger partial charge in [-0.05, 0) is 119 Å². The van der Waals surface area contributed by atoms with Crippen molar-refractivity contribution >= 4 is 11.4 Å². The second kappa shape index (κ2) is 13.4. The maximum atomic E-state index is 6.68. The zero-order valence-corrected chi connectivity index (χ0v) is 25.8. The van der Waals surface area contributed by atoms with Crippen LogP contribution in [-0.4, -0.2) is 0 Å². The monoisotopic (exact) mass is 590 g/mol. The number of nitrogen functional groups attached to an aromatic ring is 2. The Hall–Kier alpha value is -5.48. The number of rotatable bonds is 10. The van der Waals surface area contributed by atoms with Crippen LogP contribution in [0.25, 0.3) is 22.3 Å². The summed E-state index contributed by atoms with van der Waals surface area (Å²) < 4.78 is 13.4. The Labute approximate surface area is 265 Å². The Bertz CT molecular complexity index is 1740. The van der Waals surface area contributed by atoms with Gasteiger partial charge < -0.3 is 20.9 Å². The molecule has 0 saturated heterocycles. The topological polar surface area (TPSA) is 70.5 Å². The second-order valence-electron chi connectivity index (χ2n) is 11.2. The predicted octanol–water partition coefficient (Wildman–Crippen LogP) is 10.5. The summed E-state index contributed by atoms with van der Waals surface area (Å²) in [7, 11) is 0. The molecule has 0 aliphatic carbocycles. The number of hydrogen-bond donors (Lipinski definition) is 2. The van der Waals surface area contributed by atoms with Crippen molar-refractivity contribution < 1.29 is 9.47 Å². The third kappa shape index (κ3) is 6.86. The summed E-state index contributed by atoms with van der Waals surface area (Å²) in [6, 6.07) is 45.2. The molecule has 0 saturated carbocycles. The van der Waals surface area contributed by atoms with Gasteiger partial charge in [0.05, 0.1) is 0 Å². The van der Waals surface area contributed by atoms with Gasteiger partial charge in [0.1, 0.15) is 23.0 Å². The Kier molecular flexibility index (Phi) is 8.84. The van der Waals surface area contributed by atoms with Crippen molar-refractivity contribution in [1.29, 1.82) is 0 Å². The quantitative estimate of drug-likeness (QED) is 0.156. The van der Waals surface area contributed by atoms with Crippen LogP contribution < -0.4 is 20.9 Å². The van der Waals surface area contributed by atoms with Crippen LogP contribution in [0.4, 0.5) is 11.4 Å². The lowest BCUT2D eigenvalue weighted by molar-refractivity contribution is 0.465. The van der Waals surface area contributed by atoms with Crippen molar-refractivity contribution in [3.05, 3.63) is 156 Å². The number of ether oxygens (including phenoxy) is 2. The van der Waals surface area contributed by atoms with Crippen molar-refractivity contribution in [2.45, 2.75) is 33.1 Å². The van der Waals surface area contributed by atoms with Gasteiger partial charge in [0.25, 0.3) is 0 Å². The maximum Gasteiger partial charge on any atom is 0.134 e. The van der Waals surface area contributed by atoms with Crippen molar-refractivity contribution in [3.63, 3.8) is 0 Å². The fourth-order valence-electron chi connectivity index (χ4n) is 5.67. The van der Waals surface area contributed by atoms with Crippen LogP contribution in [0.15, 0.2) is 133 Å². The lowest BCUT2D eigenvalue weighted by Gasteiger charge is -2.21. The number of anilines is 2. The molecule has 0 aromatic heterocycles. The fourth-order valence-corrected chi connectivity index (χ4v) is 5.67. The van der Waals surface area contributed by atoms with Crippen molar-refractivity contribution in [2.24, 2.45) is 0 Å². The first-order valence-electron chi connectivity index (χ1n) is 15.5. The van der Waals surface area contributed by atoms with E-state index in [-0.39, 0.29) is 0 Å². The van der Waals surface area contributed by atoms with E-state index >= 15 is 0 Å². The number of aryl methyl sites for hydroxylation is 2. The molecule has 0 bridgehead atoms. The van der Waals surface area contributed by atoms with E-state index < -0.39 is 0 Å². The lowest BCUT2D eigenvalue weighted by Crippen LogP contribution is -2.03. The average Bonchev–Trinajstić information content (AvgIpc) is 3.08. The molecule has 0 fully saturated rings. The van der Waals surface area contributed by atoms with E-state index in [2.05, 4.69) is 86.6 Å². The van der Waals surface area contributed by atoms with Gasteiger partial charge in [0.15, 0.2) is 0 Å². The molecule has 0 amide bonds. The minimum absolute atomic E-state index is 0.607. The van der Waals surface area contributed by atoms with E-state index in [1.807, 2.05) is 60.7 Å². The SMILES string of the molecule is CCc1cc(-c2ccccc2)cc(Cc2cc(-c3ccccc3)cc(CC)c2Oc2ccc(N)cc2)c1Oc1ccc(N)cc1. The molecular formula is C41H38N2O2. The van der Waals surface area contributed by atoms with Crippen LogP contribution in [0.5, 0.6) is 23.0 Å². The van der Waals surface area contributed by atoms with Crippen LogP contribution in [0.2, 0.25) is 0 Å². The van der Waals surface area contributed by atoms with Crippen molar-refractivity contribution in [1.82, 2.24) is 0 Å². The molecule has 4 heteroatoms. The molecule has 6 aromatic rings. The summed E-state index contributed by atoms with van der Waals surface area (Å²) in [5.74, 6) is 3.23. The Morgan fingerprint density at radius 1 is 0.422 bits per heavy atom. The summed E-state index contributed by atoms with van der Waals surface area (Å²) in [5, 5.41) is 0. The number of benzene rings is 6. The first-order valence-corrected chi connectivity index (χ1v) is 15.5. The Morgan fingerprint density at radius 3 is 1.13 bits per heavy atom. The first kappa shape index (κ1) is 29.6. The minimum atomic E-state index is 0.607. The highest BCUT2D eigenvalue weighted by molar-refractivity contribution is 5.71. The standard InChI is InChI=1S/C41H38N2O2/c1-3-28-23-32(30-11-7-5-8-12-30)25-34(40(28)44-38-19-15-36(42)16-20-38)27-35-26-33(31-13-9-6-10-14-31)24-29(4-2)41(35)45-39-21-17-37(43)18-22-39/h5-26H,3-4,27,42-43H2,1-2H3. The molecule has 0 atom stereocenters. The molecule has 0 aliphatic heterocycles. The van der Waals surface area contributed by atoms with Crippen LogP contribution in [-0.2, 0) is 19.3 Å². The first-order chi connectivity index (χ1) is 22.0. The zero-order chi connectivity index (χ0) is 31.2. The highest BCUT2D eigenvalue weighted by Gasteiger charge is 2.19. The van der Waals surface area contributed by atoms with Crippen LogP contribution in [0.1, 0.15) is 36.1 Å². The molecule has 224 valence electrons. The second-order valence-corrected chi connectivity index (χ2v) is 11.2. The van der Waals surface area contributed by atoms with Gasteiger partial charge in [-0.15, -0.1) is 0 Å². The molecule has 6 aromatic carbocycles. The van der Waals surface area contributed by atoms with Gasteiger partial charge in [-0.2, -0.15) is 0 Å². The third-order valence-electron chi connectivity index (χ3n) is 8.04. The average molecular weight is 591 g/mol. The van der Waals surface area contributed by atoms with Gasteiger partial charge in [-0.1, -0.05) is 74.5 Å². The van der Waals surface area contributed by atoms with Gasteiger partial charge in [0.2, 0.25) is 0 Å². The van der Waals surface area contributed by atoms with Crippen LogP contribution in [0, 0.1) is 0 Å². The van der Waals surface area contributed by atoms with Crippen molar-refractivity contribution in [3.8, 4) is 45.3 Å². The fraction of sp³-hybridized carbons (Fsp3) is 0.122.